The molecule has 28 heavy (non-hydrogen) atoms. The second kappa shape index (κ2) is 9.03. The highest BCUT2D eigenvalue weighted by Gasteiger charge is 2.25. The summed E-state index contributed by atoms with van der Waals surface area (Å²) >= 11 is 0. The zero-order valence-corrected chi connectivity index (χ0v) is 15.7. The van der Waals surface area contributed by atoms with Gasteiger partial charge in [0.2, 0.25) is 6.20 Å². The Morgan fingerprint density at radius 2 is 2.07 bits per heavy atom. The van der Waals surface area contributed by atoms with Crippen molar-refractivity contribution in [2.45, 2.75) is 25.8 Å². The van der Waals surface area contributed by atoms with Crippen molar-refractivity contribution in [2.75, 3.05) is 30.3 Å². The van der Waals surface area contributed by atoms with Crippen molar-refractivity contribution in [3.8, 4) is 0 Å². The number of nitrogens with one attached hydrogen (secondary N) is 2. The Balaban J connectivity index is 1.63. The SMILES string of the molecule is CCOC(=O)N1CCC(Nc2ncccc2NC(=O)c2cccc[n+]2O)CC1. The zero-order valence-electron chi connectivity index (χ0n) is 15.7. The first-order chi connectivity index (χ1) is 13.6. The zero-order chi connectivity index (χ0) is 19.9. The number of piperidine rings is 1. The average Bonchev–Trinajstić information content (AvgIpc) is 2.70. The molecule has 0 spiro atoms. The molecule has 1 fully saturated rings. The van der Waals surface area contributed by atoms with E-state index in [4.69, 9.17) is 4.74 Å². The van der Waals surface area contributed by atoms with Gasteiger partial charge in [0.15, 0.2) is 0 Å². The summed E-state index contributed by atoms with van der Waals surface area (Å²) in [6, 6.07) is 8.39. The summed E-state index contributed by atoms with van der Waals surface area (Å²) in [7, 11) is 0. The molecule has 0 atom stereocenters. The minimum absolute atomic E-state index is 0.111. The van der Waals surface area contributed by atoms with Crippen LogP contribution in [0.4, 0.5) is 16.3 Å². The minimum Gasteiger partial charge on any atom is -0.450 e. The van der Waals surface area contributed by atoms with Crippen molar-refractivity contribution >= 4 is 23.5 Å². The fourth-order valence-corrected chi connectivity index (χ4v) is 3.04. The summed E-state index contributed by atoms with van der Waals surface area (Å²) in [5.74, 6) is 0.0992. The summed E-state index contributed by atoms with van der Waals surface area (Å²) in [4.78, 5) is 30.3. The minimum atomic E-state index is -0.448. The number of carbonyl (C=O) groups is 2. The van der Waals surface area contributed by atoms with Gasteiger partial charge in [-0.3, -0.25) is 10.0 Å². The molecule has 1 aliphatic rings. The van der Waals surface area contributed by atoms with Gasteiger partial charge in [0.1, 0.15) is 5.82 Å². The standard InChI is InChI=1S/C19H23N5O4/c1-2-28-19(26)23-12-8-14(9-13-23)21-17-15(6-5-10-20-17)22-18(25)16-7-3-4-11-24(16)27/h3-7,10-11,14,25,27H,2,8-9,12-13H2,1H3/p+1. The van der Waals surface area contributed by atoms with Crippen LogP contribution in [0.15, 0.2) is 42.7 Å². The van der Waals surface area contributed by atoms with Gasteiger partial charge < -0.3 is 20.3 Å². The Labute approximate surface area is 162 Å². The van der Waals surface area contributed by atoms with Gasteiger partial charge in [-0.25, -0.2) is 9.78 Å². The highest BCUT2D eigenvalue weighted by Crippen LogP contribution is 2.22. The van der Waals surface area contributed by atoms with Crippen LogP contribution in [0.25, 0.3) is 0 Å². The highest BCUT2D eigenvalue weighted by molar-refractivity contribution is 6.03. The number of anilines is 2. The molecular formula is C19H24N5O4+. The summed E-state index contributed by atoms with van der Waals surface area (Å²) in [5.41, 5.74) is 0.629. The van der Waals surface area contributed by atoms with E-state index in [1.54, 1.807) is 42.3 Å². The summed E-state index contributed by atoms with van der Waals surface area (Å²) in [6.07, 6.45) is 4.23. The molecule has 2 aromatic rings. The number of hydrogen-bond acceptors (Lipinski definition) is 6. The normalized spacial score (nSPS) is 14.4. The number of hydrogen-bond donors (Lipinski definition) is 3. The third-order valence-corrected chi connectivity index (χ3v) is 4.49. The molecule has 148 valence electrons. The van der Waals surface area contributed by atoms with Crippen LogP contribution in [0.3, 0.4) is 0 Å². The predicted molar refractivity (Wildman–Crippen MR) is 101 cm³/mol. The van der Waals surface area contributed by atoms with Crippen molar-refractivity contribution in [2.24, 2.45) is 0 Å². The molecule has 3 rings (SSSR count). The lowest BCUT2D eigenvalue weighted by Gasteiger charge is -2.32. The number of nitrogens with zero attached hydrogens (tertiary/aromatic N) is 3. The smallest absolute Gasteiger partial charge is 0.409 e. The van der Waals surface area contributed by atoms with E-state index in [1.165, 1.54) is 12.3 Å². The Bertz CT molecular complexity index is 837. The van der Waals surface area contributed by atoms with Gasteiger partial charge in [-0.05, 0) is 38.0 Å². The molecule has 0 radical (unpaired) electrons. The second-order valence-electron chi connectivity index (χ2n) is 6.39. The van der Waals surface area contributed by atoms with Crippen LogP contribution in [-0.2, 0) is 4.74 Å². The topological polar surface area (TPSA) is 108 Å². The molecule has 1 aliphatic heterocycles. The highest BCUT2D eigenvalue weighted by atomic mass is 16.6. The van der Waals surface area contributed by atoms with E-state index in [0.717, 1.165) is 17.6 Å². The quantitative estimate of drug-likeness (QED) is 0.535. The van der Waals surface area contributed by atoms with Crippen LogP contribution in [0.5, 0.6) is 0 Å². The maximum atomic E-state index is 12.5. The lowest BCUT2D eigenvalue weighted by molar-refractivity contribution is -0.905. The summed E-state index contributed by atoms with van der Waals surface area (Å²) in [6.45, 7) is 3.35. The van der Waals surface area contributed by atoms with Crippen molar-refractivity contribution in [1.82, 2.24) is 9.88 Å². The molecular weight excluding hydrogens is 362 g/mol. The first kappa shape index (κ1) is 19.4. The van der Waals surface area contributed by atoms with Crippen LogP contribution in [0, 0.1) is 0 Å². The van der Waals surface area contributed by atoms with Gasteiger partial charge in [0, 0.05) is 42.2 Å². The number of rotatable bonds is 5. The lowest BCUT2D eigenvalue weighted by atomic mass is 10.1. The molecule has 0 aromatic carbocycles. The molecule has 0 bridgehead atoms. The van der Waals surface area contributed by atoms with Gasteiger partial charge in [0.05, 0.1) is 12.3 Å². The van der Waals surface area contributed by atoms with E-state index in [-0.39, 0.29) is 17.8 Å². The Kier molecular flexibility index (Phi) is 6.25. The van der Waals surface area contributed by atoms with E-state index in [0.29, 0.717) is 31.2 Å². The number of carbonyl (C=O) groups excluding carboxylic acids is 2. The van der Waals surface area contributed by atoms with Gasteiger partial charge >= 0.3 is 17.7 Å². The van der Waals surface area contributed by atoms with Crippen LogP contribution in [0.2, 0.25) is 0 Å². The largest absolute Gasteiger partial charge is 0.450 e. The fraction of sp³-hybridized carbons (Fsp3) is 0.368. The Morgan fingerprint density at radius 3 is 2.79 bits per heavy atom. The van der Waals surface area contributed by atoms with Crippen LogP contribution in [-0.4, -0.2) is 52.8 Å². The number of likely N-dealkylation sites (tertiary alicyclic amines) is 1. The molecule has 0 unspecified atom stereocenters. The van der Waals surface area contributed by atoms with Crippen molar-refractivity contribution in [1.29, 1.82) is 0 Å². The molecule has 9 nitrogen and oxygen atoms in total. The van der Waals surface area contributed by atoms with Gasteiger partial charge in [0.25, 0.3) is 0 Å². The third-order valence-electron chi connectivity index (χ3n) is 4.49. The summed E-state index contributed by atoms with van der Waals surface area (Å²) in [5, 5.41) is 15.9. The Morgan fingerprint density at radius 1 is 1.29 bits per heavy atom. The molecule has 3 heterocycles. The van der Waals surface area contributed by atoms with Crippen molar-refractivity contribution in [3.63, 3.8) is 0 Å². The third kappa shape index (κ3) is 4.67. The molecule has 1 saturated heterocycles. The van der Waals surface area contributed by atoms with E-state index in [9.17, 15) is 14.8 Å². The molecule has 2 amide bonds. The molecule has 3 N–H and O–H groups in total. The van der Waals surface area contributed by atoms with E-state index >= 15 is 0 Å². The summed E-state index contributed by atoms with van der Waals surface area (Å²) < 4.78 is 5.80. The number of aromatic nitrogens is 2. The average molecular weight is 386 g/mol. The van der Waals surface area contributed by atoms with Gasteiger partial charge in [-0.15, -0.1) is 0 Å². The molecule has 9 heteroatoms. The second-order valence-corrected chi connectivity index (χ2v) is 6.39. The number of ether oxygens (including phenoxy) is 1. The van der Waals surface area contributed by atoms with Gasteiger partial charge in [-0.2, -0.15) is 0 Å². The predicted octanol–water partition coefficient (Wildman–Crippen LogP) is 1.89. The molecule has 0 saturated carbocycles. The maximum absolute atomic E-state index is 12.5. The fourth-order valence-electron chi connectivity index (χ4n) is 3.04. The monoisotopic (exact) mass is 386 g/mol. The molecule has 2 aromatic heterocycles. The lowest BCUT2D eigenvalue weighted by Crippen LogP contribution is -2.42. The number of pyridine rings is 2. The van der Waals surface area contributed by atoms with Crippen LogP contribution in [0.1, 0.15) is 30.3 Å². The molecule has 0 aliphatic carbocycles. The number of amides is 2. The van der Waals surface area contributed by atoms with E-state index in [2.05, 4.69) is 15.6 Å². The first-order valence-electron chi connectivity index (χ1n) is 9.23. The van der Waals surface area contributed by atoms with Crippen LogP contribution >= 0.6 is 0 Å². The van der Waals surface area contributed by atoms with E-state index in [1.807, 2.05) is 0 Å². The van der Waals surface area contributed by atoms with Crippen LogP contribution < -0.4 is 15.4 Å². The maximum Gasteiger partial charge on any atom is 0.409 e. The van der Waals surface area contributed by atoms with E-state index < -0.39 is 5.91 Å². The first-order valence-corrected chi connectivity index (χ1v) is 9.23. The van der Waals surface area contributed by atoms with Gasteiger partial charge in [-0.1, -0.05) is 0 Å². The van der Waals surface area contributed by atoms with Crippen molar-refractivity contribution in [3.05, 3.63) is 48.4 Å². The van der Waals surface area contributed by atoms with Crippen molar-refractivity contribution < 1.29 is 24.3 Å². The Hall–Kier alpha value is -3.36.